The van der Waals surface area contributed by atoms with Crippen LogP contribution in [0, 0.1) is 12.7 Å². The molecule has 0 unspecified atom stereocenters. The van der Waals surface area contributed by atoms with Crippen LogP contribution in [0.3, 0.4) is 0 Å². The molecule has 0 saturated heterocycles. The Morgan fingerprint density at radius 2 is 1.68 bits per heavy atom. The fourth-order valence-corrected chi connectivity index (χ4v) is 4.84. The van der Waals surface area contributed by atoms with E-state index in [1.807, 2.05) is 55.5 Å². The average Bonchev–Trinajstić information content (AvgIpc) is 3.33. The highest BCUT2D eigenvalue weighted by atomic mass is 19.1. The van der Waals surface area contributed by atoms with Gasteiger partial charge in [0.2, 0.25) is 6.17 Å². The van der Waals surface area contributed by atoms with Gasteiger partial charge in [-0.2, -0.15) is 0 Å². The number of carbonyl (C=O) groups excluding carboxylic acids is 2. The Morgan fingerprint density at radius 3 is 2.48 bits per heavy atom. The maximum absolute atomic E-state index is 15.1. The van der Waals surface area contributed by atoms with Gasteiger partial charge in [0.15, 0.2) is 0 Å². The van der Waals surface area contributed by atoms with Gasteiger partial charge in [0.05, 0.1) is 17.9 Å². The maximum Gasteiger partial charge on any atom is 0.321 e. The third-order valence-corrected chi connectivity index (χ3v) is 6.67. The van der Waals surface area contributed by atoms with Gasteiger partial charge in [-0.25, -0.2) is 14.2 Å². The number of rotatable bonds is 5. The topological polar surface area (TPSA) is 86.9 Å². The van der Waals surface area contributed by atoms with Crippen LogP contribution in [-0.4, -0.2) is 23.8 Å². The molecule has 1 aliphatic rings. The van der Waals surface area contributed by atoms with Crippen LogP contribution in [0.1, 0.15) is 22.5 Å². The highest BCUT2D eigenvalue weighted by Crippen LogP contribution is 2.31. The van der Waals surface area contributed by atoms with Gasteiger partial charge < -0.3 is 20.0 Å². The van der Waals surface area contributed by atoms with Crippen LogP contribution in [0.4, 0.5) is 20.6 Å². The van der Waals surface area contributed by atoms with Crippen LogP contribution in [0.15, 0.2) is 113 Å². The van der Waals surface area contributed by atoms with Gasteiger partial charge in [0.25, 0.3) is 5.91 Å². The van der Waals surface area contributed by atoms with Crippen LogP contribution in [0.5, 0.6) is 0 Å². The van der Waals surface area contributed by atoms with E-state index in [1.165, 1.54) is 11.0 Å². The van der Waals surface area contributed by atoms with E-state index in [4.69, 9.17) is 4.42 Å². The smallest absolute Gasteiger partial charge is 0.321 e. The maximum atomic E-state index is 15.1. The zero-order valence-electron chi connectivity index (χ0n) is 21.6. The first-order chi connectivity index (χ1) is 19.5. The van der Waals surface area contributed by atoms with Crippen molar-refractivity contribution in [3.8, 4) is 0 Å². The number of benzene rings is 4. The number of hydrogen-bond acceptors (Lipinski definition) is 4. The molecule has 8 heteroatoms. The minimum absolute atomic E-state index is 0.0856. The Bertz CT molecular complexity index is 1740. The predicted molar refractivity (Wildman–Crippen MR) is 153 cm³/mol. The molecule has 1 atom stereocenters. The number of carbonyl (C=O) groups is 2. The van der Waals surface area contributed by atoms with E-state index >= 15 is 4.39 Å². The van der Waals surface area contributed by atoms with Crippen molar-refractivity contribution in [2.24, 2.45) is 4.99 Å². The largest absolute Gasteiger partial charge is 0.459 e. The summed E-state index contributed by atoms with van der Waals surface area (Å²) in [6, 6.07) is 29.5. The summed E-state index contributed by atoms with van der Waals surface area (Å²) in [6.45, 7) is 2.00. The number of aliphatic imine (C=N–C) groups is 1. The molecule has 2 N–H and O–H groups in total. The van der Waals surface area contributed by atoms with E-state index in [9.17, 15) is 9.59 Å². The monoisotopic (exact) mass is 532 g/mol. The number of benzodiazepines with no additional fused rings is 1. The van der Waals surface area contributed by atoms with Crippen LogP contribution < -0.4 is 15.5 Å². The van der Waals surface area contributed by atoms with E-state index in [2.05, 4.69) is 15.6 Å². The molecule has 5 aromatic rings. The molecule has 1 aliphatic heterocycles. The van der Waals surface area contributed by atoms with Crippen molar-refractivity contribution in [3.63, 3.8) is 0 Å². The Hall–Kier alpha value is -5.24. The summed E-state index contributed by atoms with van der Waals surface area (Å²) in [4.78, 5) is 33.3. The van der Waals surface area contributed by atoms with Crippen molar-refractivity contribution in [2.75, 3.05) is 10.2 Å². The number of amides is 3. The van der Waals surface area contributed by atoms with Gasteiger partial charge in [-0.3, -0.25) is 4.79 Å². The molecule has 2 heterocycles. The van der Waals surface area contributed by atoms with Crippen molar-refractivity contribution >= 4 is 40.0 Å². The van der Waals surface area contributed by atoms with E-state index < -0.39 is 23.9 Å². The van der Waals surface area contributed by atoms with Crippen LogP contribution in [0.2, 0.25) is 0 Å². The number of furan rings is 1. The van der Waals surface area contributed by atoms with E-state index in [0.29, 0.717) is 28.3 Å². The molecule has 0 radical (unpaired) electrons. The summed E-state index contributed by atoms with van der Waals surface area (Å²) >= 11 is 0. The summed E-state index contributed by atoms with van der Waals surface area (Å²) in [7, 11) is 0. The number of para-hydroxylation sites is 2. The van der Waals surface area contributed by atoms with Crippen molar-refractivity contribution < 1.29 is 18.4 Å². The standard InChI is InChI=1S/C32H25FN4O3/c1-20-9-8-11-22(17-20)34-32(39)36-30-31(38)37(19-23-18-21-10-2-7-16-28(21)40-23)27-15-6-4-13-25(27)29(35-30)24-12-3-5-14-26(24)33/h2-18,30H,19H2,1H3,(H2,34,36,39)/t30-/m0/s1. The minimum Gasteiger partial charge on any atom is -0.459 e. The fourth-order valence-electron chi connectivity index (χ4n) is 4.84. The zero-order chi connectivity index (χ0) is 27.6. The van der Waals surface area contributed by atoms with E-state index in [0.717, 1.165) is 10.9 Å². The molecule has 6 rings (SSSR count). The summed E-state index contributed by atoms with van der Waals surface area (Å²) in [5.41, 5.74) is 3.80. The SMILES string of the molecule is Cc1cccc(NC(=O)N[C@@H]2N=C(c3ccccc3F)c3ccccc3N(Cc3cc4ccccc4o3)C2=O)c1. The van der Waals surface area contributed by atoms with Crippen LogP contribution >= 0.6 is 0 Å². The number of halogens is 1. The quantitative estimate of drug-likeness (QED) is 0.274. The average molecular weight is 533 g/mol. The summed E-state index contributed by atoms with van der Waals surface area (Å²) in [5.74, 6) is -0.419. The molecular formula is C32H25FN4O3. The summed E-state index contributed by atoms with van der Waals surface area (Å²) in [5, 5.41) is 6.36. The molecule has 0 aliphatic carbocycles. The number of fused-ring (bicyclic) bond motifs is 2. The van der Waals surface area contributed by atoms with Crippen molar-refractivity contribution in [1.82, 2.24) is 5.32 Å². The predicted octanol–water partition coefficient (Wildman–Crippen LogP) is 6.41. The Labute approximate surface area is 230 Å². The van der Waals surface area contributed by atoms with E-state index in [-0.39, 0.29) is 17.8 Å². The molecule has 4 aromatic carbocycles. The molecule has 0 bridgehead atoms. The second-order valence-electron chi connectivity index (χ2n) is 9.52. The number of hydrogen-bond donors (Lipinski definition) is 2. The summed E-state index contributed by atoms with van der Waals surface area (Å²) in [6.07, 6.45) is -1.34. The Morgan fingerprint density at radius 1 is 0.925 bits per heavy atom. The first-order valence-corrected chi connectivity index (χ1v) is 12.8. The molecule has 0 spiro atoms. The fraction of sp³-hybridized carbons (Fsp3) is 0.0938. The summed E-state index contributed by atoms with van der Waals surface area (Å²) < 4.78 is 21.1. The van der Waals surface area contributed by atoms with Crippen molar-refractivity contribution in [1.29, 1.82) is 0 Å². The normalized spacial score (nSPS) is 14.8. The third-order valence-electron chi connectivity index (χ3n) is 6.67. The van der Waals surface area contributed by atoms with Gasteiger partial charge >= 0.3 is 6.03 Å². The molecule has 0 saturated carbocycles. The van der Waals surface area contributed by atoms with Crippen LogP contribution in [0.25, 0.3) is 11.0 Å². The highest BCUT2D eigenvalue weighted by Gasteiger charge is 2.34. The second kappa shape index (κ2) is 10.5. The molecule has 0 fully saturated rings. The molecule has 40 heavy (non-hydrogen) atoms. The highest BCUT2D eigenvalue weighted by molar-refractivity contribution is 6.20. The van der Waals surface area contributed by atoms with Crippen molar-refractivity contribution in [2.45, 2.75) is 19.6 Å². The first-order valence-electron chi connectivity index (χ1n) is 12.8. The minimum atomic E-state index is -1.34. The number of urea groups is 1. The van der Waals surface area contributed by atoms with Crippen LogP contribution in [-0.2, 0) is 11.3 Å². The number of nitrogens with one attached hydrogen (secondary N) is 2. The van der Waals surface area contributed by atoms with E-state index in [1.54, 1.807) is 48.5 Å². The van der Waals surface area contributed by atoms with Gasteiger partial charge in [0.1, 0.15) is 17.2 Å². The lowest BCUT2D eigenvalue weighted by Gasteiger charge is -2.24. The Balaban J connectivity index is 1.42. The number of anilines is 2. The van der Waals surface area contributed by atoms with Gasteiger partial charge in [-0.15, -0.1) is 0 Å². The molecule has 1 aromatic heterocycles. The number of aryl methyl sites for hydroxylation is 1. The van der Waals surface area contributed by atoms with Gasteiger partial charge in [-0.05, 0) is 55.0 Å². The third kappa shape index (κ3) is 4.94. The lowest BCUT2D eigenvalue weighted by atomic mass is 9.99. The number of nitrogens with zero attached hydrogens (tertiary/aromatic N) is 2. The lowest BCUT2D eigenvalue weighted by molar-refractivity contribution is -0.120. The van der Waals surface area contributed by atoms with Gasteiger partial charge in [0, 0.05) is 22.2 Å². The lowest BCUT2D eigenvalue weighted by Crippen LogP contribution is -2.48. The molecule has 7 nitrogen and oxygen atoms in total. The molecule has 3 amide bonds. The second-order valence-corrected chi connectivity index (χ2v) is 9.52. The molecular weight excluding hydrogens is 507 g/mol. The molecule has 198 valence electrons. The zero-order valence-corrected chi connectivity index (χ0v) is 21.6. The Kier molecular flexibility index (Phi) is 6.57. The van der Waals surface area contributed by atoms with Crippen molar-refractivity contribution in [3.05, 3.63) is 131 Å². The van der Waals surface area contributed by atoms with Gasteiger partial charge in [-0.1, -0.05) is 60.7 Å². The first kappa shape index (κ1) is 25.1.